The van der Waals surface area contributed by atoms with Gasteiger partial charge in [-0.2, -0.15) is 0 Å². The lowest BCUT2D eigenvalue weighted by molar-refractivity contribution is 0.392. The summed E-state index contributed by atoms with van der Waals surface area (Å²) in [5, 5.41) is 12.9. The Morgan fingerprint density at radius 1 is 1.38 bits per heavy atom. The summed E-state index contributed by atoms with van der Waals surface area (Å²) in [6, 6.07) is 4.27. The average Bonchev–Trinajstić information content (AvgIpc) is 3.18. The summed E-state index contributed by atoms with van der Waals surface area (Å²) in [5.41, 5.74) is 2.22. The van der Waals surface area contributed by atoms with Crippen molar-refractivity contribution in [3.63, 3.8) is 0 Å². The standard InChI is InChI=1S/C17H26N4OS.HI/c1-12(16-8-6-10-23-16)11-20-17(18-4)19-9-5-7-15-13(2)21-22-14(15)3;/h6,8,10,12H,5,7,9,11H2,1-4H3,(H2,18,19,20);1H. The van der Waals surface area contributed by atoms with Gasteiger partial charge >= 0.3 is 0 Å². The zero-order valence-electron chi connectivity index (χ0n) is 14.8. The topological polar surface area (TPSA) is 62.5 Å². The Hall–Kier alpha value is -1.09. The van der Waals surface area contributed by atoms with E-state index in [-0.39, 0.29) is 24.0 Å². The minimum atomic E-state index is 0. The van der Waals surface area contributed by atoms with Crippen LogP contribution < -0.4 is 10.6 Å². The Balaban J connectivity index is 0.00000288. The number of aryl methyl sites for hydroxylation is 2. The Bertz CT molecular complexity index is 605. The molecule has 0 aliphatic rings. The maximum Gasteiger partial charge on any atom is 0.190 e. The highest BCUT2D eigenvalue weighted by molar-refractivity contribution is 14.0. The van der Waals surface area contributed by atoms with Gasteiger partial charge < -0.3 is 15.2 Å². The van der Waals surface area contributed by atoms with Crippen molar-refractivity contribution in [1.82, 2.24) is 15.8 Å². The number of guanidine groups is 1. The van der Waals surface area contributed by atoms with E-state index < -0.39 is 0 Å². The van der Waals surface area contributed by atoms with Crippen molar-refractivity contribution in [2.45, 2.75) is 39.5 Å². The van der Waals surface area contributed by atoms with Gasteiger partial charge in [0.25, 0.3) is 0 Å². The van der Waals surface area contributed by atoms with Gasteiger partial charge in [-0.25, -0.2) is 0 Å². The first-order valence-corrected chi connectivity index (χ1v) is 8.89. The summed E-state index contributed by atoms with van der Waals surface area (Å²) in [6.07, 6.45) is 1.99. The van der Waals surface area contributed by atoms with E-state index in [0.717, 1.165) is 43.3 Å². The van der Waals surface area contributed by atoms with Gasteiger partial charge in [0.05, 0.1) is 5.69 Å². The summed E-state index contributed by atoms with van der Waals surface area (Å²) in [4.78, 5) is 5.67. The van der Waals surface area contributed by atoms with Crippen LogP contribution in [0.5, 0.6) is 0 Å². The Morgan fingerprint density at radius 3 is 2.75 bits per heavy atom. The minimum Gasteiger partial charge on any atom is -0.361 e. The minimum absolute atomic E-state index is 0. The van der Waals surface area contributed by atoms with Crippen molar-refractivity contribution >= 4 is 41.3 Å². The molecule has 2 aromatic rings. The Morgan fingerprint density at radius 2 is 2.17 bits per heavy atom. The Kier molecular flexibility index (Phi) is 9.35. The molecule has 0 spiro atoms. The highest BCUT2D eigenvalue weighted by Gasteiger charge is 2.09. The molecule has 7 heteroatoms. The molecule has 1 unspecified atom stereocenters. The fourth-order valence-corrected chi connectivity index (χ4v) is 3.26. The smallest absolute Gasteiger partial charge is 0.190 e. The fourth-order valence-electron chi connectivity index (χ4n) is 2.47. The van der Waals surface area contributed by atoms with Crippen LogP contribution in [0.3, 0.4) is 0 Å². The molecular formula is C17H27IN4OS. The molecule has 2 N–H and O–H groups in total. The molecule has 0 saturated heterocycles. The van der Waals surface area contributed by atoms with E-state index in [1.54, 1.807) is 18.4 Å². The van der Waals surface area contributed by atoms with Crippen LogP contribution in [0.1, 0.15) is 41.2 Å². The van der Waals surface area contributed by atoms with Gasteiger partial charge in [-0.15, -0.1) is 35.3 Å². The van der Waals surface area contributed by atoms with Crippen molar-refractivity contribution in [1.29, 1.82) is 0 Å². The van der Waals surface area contributed by atoms with Crippen LogP contribution in [0.15, 0.2) is 27.0 Å². The van der Waals surface area contributed by atoms with E-state index in [1.807, 2.05) is 13.8 Å². The number of nitrogens with zero attached hydrogens (tertiary/aromatic N) is 2. The van der Waals surface area contributed by atoms with E-state index >= 15 is 0 Å². The normalized spacial score (nSPS) is 12.6. The zero-order valence-corrected chi connectivity index (χ0v) is 17.9. The third-order valence-electron chi connectivity index (χ3n) is 3.91. The molecule has 0 saturated carbocycles. The summed E-state index contributed by atoms with van der Waals surface area (Å²) in [6.45, 7) is 7.94. The Labute approximate surface area is 165 Å². The van der Waals surface area contributed by atoms with Crippen molar-refractivity contribution in [2.75, 3.05) is 20.1 Å². The van der Waals surface area contributed by atoms with Gasteiger partial charge in [0.2, 0.25) is 0 Å². The maximum atomic E-state index is 5.19. The monoisotopic (exact) mass is 462 g/mol. The predicted octanol–water partition coefficient (Wildman–Crippen LogP) is 3.87. The third kappa shape index (κ3) is 6.08. The number of thiophene rings is 1. The van der Waals surface area contributed by atoms with E-state index in [0.29, 0.717) is 5.92 Å². The van der Waals surface area contributed by atoms with Gasteiger partial charge in [0.15, 0.2) is 5.96 Å². The quantitative estimate of drug-likeness (QED) is 0.284. The number of halogens is 1. The van der Waals surface area contributed by atoms with Gasteiger partial charge in [-0.1, -0.05) is 18.1 Å². The number of rotatable bonds is 7. The van der Waals surface area contributed by atoms with Crippen LogP contribution in [0.4, 0.5) is 0 Å². The van der Waals surface area contributed by atoms with Crippen molar-refractivity contribution in [3.05, 3.63) is 39.4 Å². The van der Waals surface area contributed by atoms with Crippen LogP contribution in [0.2, 0.25) is 0 Å². The molecule has 2 heterocycles. The maximum absolute atomic E-state index is 5.19. The molecule has 0 aliphatic heterocycles. The van der Waals surface area contributed by atoms with Crippen LogP contribution >= 0.6 is 35.3 Å². The van der Waals surface area contributed by atoms with Crippen molar-refractivity contribution in [2.24, 2.45) is 4.99 Å². The van der Waals surface area contributed by atoms with E-state index in [4.69, 9.17) is 4.52 Å². The highest BCUT2D eigenvalue weighted by Crippen LogP contribution is 2.19. The molecule has 1 atom stereocenters. The summed E-state index contributed by atoms with van der Waals surface area (Å²) in [5.74, 6) is 2.26. The van der Waals surface area contributed by atoms with E-state index in [9.17, 15) is 0 Å². The first kappa shape index (κ1) is 21.0. The third-order valence-corrected chi connectivity index (χ3v) is 5.01. The van der Waals surface area contributed by atoms with Gasteiger partial charge in [0.1, 0.15) is 5.76 Å². The summed E-state index contributed by atoms with van der Waals surface area (Å²) in [7, 11) is 1.80. The van der Waals surface area contributed by atoms with Crippen LogP contribution in [0.25, 0.3) is 0 Å². The molecule has 0 radical (unpaired) electrons. The number of nitrogens with one attached hydrogen (secondary N) is 2. The molecule has 0 amide bonds. The van der Waals surface area contributed by atoms with Gasteiger partial charge in [0, 0.05) is 36.5 Å². The number of aliphatic imine (C=N–C) groups is 1. The molecule has 24 heavy (non-hydrogen) atoms. The zero-order chi connectivity index (χ0) is 16.7. The molecular weight excluding hydrogens is 435 g/mol. The number of aromatic nitrogens is 1. The highest BCUT2D eigenvalue weighted by atomic mass is 127. The molecule has 0 aromatic carbocycles. The molecule has 0 bridgehead atoms. The summed E-state index contributed by atoms with van der Waals surface area (Å²) < 4.78 is 5.19. The second kappa shape index (κ2) is 10.7. The van der Waals surface area contributed by atoms with E-state index in [1.165, 1.54) is 10.4 Å². The lowest BCUT2D eigenvalue weighted by atomic mass is 10.1. The van der Waals surface area contributed by atoms with Crippen LogP contribution in [-0.2, 0) is 6.42 Å². The van der Waals surface area contributed by atoms with Crippen molar-refractivity contribution in [3.8, 4) is 0 Å². The SMILES string of the molecule is CN=C(NCCCc1c(C)noc1C)NCC(C)c1cccs1.I. The largest absolute Gasteiger partial charge is 0.361 e. The van der Waals surface area contributed by atoms with E-state index in [2.05, 4.69) is 45.2 Å². The molecule has 5 nitrogen and oxygen atoms in total. The van der Waals surface area contributed by atoms with Crippen LogP contribution in [-0.4, -0.2) is 31.3 Å². The number of hydrogen-bond donors (Lipinski definition) is 2. The molecule has 2 aromatic heterocycles. The number of hydrogen-bond acceptors (Lipinski definition) is 4. The second-order valence-electron chi connectivity index (χ2n) is 5.70. The molecule has 134 valence electrons. The fraction of sp³-hybridized carbons (Fsp3) is 0.529. The van der Waals surface area contributed by atoms with Gasteiger partial charge in [-0.05, 0) is 38.1 Å². The second-order valence-corrected chi connectivity index (χ2v) is 6.68. The first-order chi connectivity index (χ1) is 11.1. The van der Waals surface area contributed by atoms with Crippen molar-refractivity contribution < 1.29 is 4.52 Å². The first-order valence-electron chi connectivity index (χ1n) is 8.01. The lowest BCUT2D eigenvalue weighted by Crippen LogP contribution is -2.39. The van der Waals surface area contributed by atoms with Gasteiger partial charge in [-0.3, -0.25) is 4.99 Å². The van der Waals surface area contributed by atoms with Crippen LogP contribution in [0, 0.1) is 13.8 Å². The lowest BCUT2D eigenvalue weighted by Gasteiger charge is -2.15. The average molecular weight is 462 g/mol. The molecule has 2 rings (SSSR count). The molecule has 0 aliphatic carbocycles. The summed E-state index contributed by atoms with van der Waals surface area (Å²) >= 11 is 1.80. The molecule has 0 fully saturated rings. The predicted molar refractivity (Wildman–Crippen MR) is 112 cm³/mol.